The van der Waals surface area contributed by atoms with Crippen LogP contribution in [0.2, 0.25) is 0 Å². The maximum atomic E-state index is 12.4. The van der Waals surface area contributed by atoms with Crippen LogP contribution in [0.3, 0.4) is 0 Å². The highest BCUT2D eigenvalue weighted by atomic mass is 32.2. The van der Waals surface area contributed by atoms with Gasteiger partial charge in [0.25, 0.3) is 20.2 Å². The average molecular weight is 765 g/mol. The second-order valence-electron chi connectivity index (χ2n) is 10.5. The molecule has 24 heteroatoms. The number of nitrogen functional groups attached to an aromatic ring is 2. The average Bonchev–Trinajstić information content (AvgIpc) is 3.06. The summed E-state index contributed by atoms with van der Waals surface area (Å²) in [5, 5.41) is 42.8. The highest BCUT2D eigenvalue weighted by molar-refractivity contribution is 7.86. The SMILES string of the molecule is Nc1nc(Nc2ccc(/C=C/c3ccc(Nc4nc(N)nc(N(CCO)CCO)n4)cc3S(=O)(=O)O)c(S(=O)(=O)O)c2)nc(N(CCO)CCO)n1. The van der Waals surface area contributed by atoms with E-state index in [0.717, 1.165) is 12.1 Å². The van der Waals surface area contributed by atoms with Crippen molar-refractivity contribution in [3.63, 3.8) is 0 Å². The summed E-state index contributed by atoms with van der Waals surface area (Å²) in [7, 11) is -9.74. The fraction of sp³-hybridized carbons (Fsp3) is 0.286. The van der Waals surface area contributed by atoms with E-state index in [1.54, 1.807) is 0 Å². The van der Waals surface area contributed by atoms with Crippen molar-refractivity contribution in [1.82, 2.24) is 29.9 Å². The van der Waals surface area contributed by atoms with Crippen molar-refractivity contribution in [1.29, 1.82) is 0 Å². The number of nitrogens with one attached hydrogen (secondary N) is 2. The van der Waals surface area contributed by atoms with Gasteiger partial charge in [-0.15, -0.1) is 0 Å². The van der Waals surface area contributed by atoms with E-state index < -0.39 is 30.0 Å². The summed E-state index contributed by atoms with van der Waals surface area (Å²) >= 11 is 0. The van der Waals surface area contributed by atoms with E-state index in [0.29, 0.717) is 0 Å². The van der Waals surface area contributed by atoms with Gasteiger partial charge in [0.2, 0.25) is 35.7 Å². The topological polar surface area (TPSA) is 350 Å². The van der Waals surface area contributed by atoms with Crippen LogP contribution in [-0.2, 0) is 20.2 Å². The first kappa shape index (κ1) is 39.4. The maximum absolute atomic E-state index is 12.4. The molecule has 280 valence electrons. The number of aliphatic hydroxyl groups is 4. The number of nitrogens with zero attached hydrogens (tertiary/aromatic N) is 8. The lowest BCUT2D eigenvalue weighted by atomic mass is 10.1. The summed E-state index contributed by atoms with van der Waals surface area (Å²) in [4.78, 5) is 26.0. The Morgan fingerprint density at radius 1 is 0.577 bits per heavy atom. The molecule has 2 heterocycles. The van der Waals surface area contributed by atoms with Gasteiger partial charge in [-0.3, -0.25) is 9.11 Å². The Labute approximate surface area is 297 Å². The molecule has 4 aromatic rings. The summed E-state index contributed by atoms with van der Waals surface area (Å²) in [6.45, 7) is -0.812. The van der Waals surface area contributed by atoms with Crippen molar-refractivity contribution < 1.29 is 46.4 Å². The van der Waals surface area contributed by atoms with Crippen LogP contribution in [0, 0.1) is 0 Å². The Morgan fingerprint density at radius 3 is 1.23 bits per heavy atom. The molecule has 4 rings (SSSR count). The Kier molecular flexibility index (Phi) is 13.1. The molecule has 0 radical (unpaired) electrons. The van der Waals surface area contributed by atoms with Crippen LogP contribution in [0.25, 0.3) is 12.2 Å². The number of hydrogen-bond acceptors (Lipinski definition) is 20. The number of aliphatic hydroxyl groups excluding tert-OH is 4. The Balaban J connectivity index is 1.65. The van der Waals surface area contributed by atoms with E-state index in [4.69, 9.17) is 11.5 Å². The monoisotopic (exact) mass is 764 g/mol. The van der Waals surface area contributed by atoms with Crippen molar-refractivity contribution in [2.24, 2.45) is 0 Å². The zero-order chi connectivity index (χ0) is 38.1. The fourth-order valence-electron chi connectivity index (χ4n) is 4.65. The predicted molar refractivity (Wildman–Crippen MR) is 189 cm³/mol. The van der Waals surface area contributed by atoms with Crippen LogP contribution < -0.4 is 31.9 Å². The van der Waals surface area contributed by atoms with Crippen LogP contribution in [0.5, 0.6) is 0 Å². The van der Waals surface area contributed by atoms with Gasteiger partial charge in [-0.1, -0.05) is 24.3 Å². The molecule has 0 spiro atoms. The third-order valence-corrected chi connectivity index (χ3v) is 8.68. The van der Waals surface area contributed by atoms with Crippen LogP contribution in [0.4, 0.5) is 47.1 Å². The summed E-state index contributed by atoms with van der Waals surface area (Å²) in [6.07, 6.45) is 2.39. The molecule has 0 aliphatic rings. The number of anilines is 8. The van der Waals surface area contributed by atoms with E-state index in [2.05, 4.69) is 40.5 Å². The Morgan fingerprint density at radius 2 is 0.923 bits per heavy atom. The standard InChI is InChI=1S/C28H36N12O10S2/c29-23-33-25(37-27(35-23)39(7-11-41)8-12-42)31-19-5-3-17(21(15-19)51(45,46)47)1-2-18-4-6-20(16-22(18)52(48,49)50)32-26-34-24(30)36-28(38-26)40(9-13-43)10-14-44/h1-6,15-16,41-44H,7-14H2,(H,45,46,47)(H,48,49,50)(H3,29,31,33,35,37)(H3,30,32,34,36,38)/b2-1+. The van der Waals surface area contributed by atoms with E-state index in [-0.39, 0.29) is 111 Å². The minimum Gasteiger partial charge on any atom is -0.395 e. The van der Waals surface area contributed by atoms with Gasteiger partial charge in [0.05, 0.1) is 26.4 Å². The minimum absolute atomic E-state index is 0.0217. The molecular weight excluding hydrogens is 729 g/mol. The molecule has 22 nitrogen and oxygen atoms in total. The van der Waals surface area contributed by atoms with Crippen LogP contribution in [-0.4, -0.2) is 129 Å². The molecule has 0 aliphatic heterocycles. The first-order chi connectivity index (χ1) is 24.6. The third kappa shape index (κ3) is 10.6. The van der Waals surface area contributed by atoms with Gasteiger partial charge in [0.1, 0.15) is 9.79 Å². The van der Waals surface area contributed by atoms with Crippen molar-refractivity contribution in [2.45, 2.75) is 9.79 Å². The number of rotatable bonds is 18. The van der Waals surface area contributed by atoms with Crippen molar-refractivity contribution in [3.05, 3.63) is 47.5 Å². The van der Waals surface area contributed by atoms with Gasteiger partial charge in [0.15, 0.2) is 0 Å². The fourth-order valence-corrected chi connectivity index (χ4v) is 6.07. The predicted octanol–water partition coefficient (Wildman–Crippen LogP) is -1.05. The molecule has 0 unspecified atom stereocenters. The molecule has 0 atom stereocenters. The van der Waals surface area contributed by atoms with Gasteiger partial charge >= 0.3 is 0 Å². The van der Waals surface area contributed by atoms with E-state index in [1.165, 1.54) is 46.2 Å². The molecule has 0 saturated carbocycles. The van der Waals surface area contributed by atoms with Gasteiger partial charge < -0.3 is 52.3 Å². The Hall–Kier alpha value is -5.34. The Bertz CT molecular complexity index is 1960. The second kappa shape index (κ2) is 17.2. The van der Waals surface area contributed by atoms with Crippen LogP contribution in [0.1, 0.15) is 11.1 Å². The van der Waals surface area contributed by atoms with E-state index in [9.17, 15) is 46.4 Å². The number of hydrogen-bond donors (Lipinski definition) is 10. The first-order valence-electron chi connectivity index (χ1n) is 15.1. The molecule has 52 heavy (non-hydrogen) atoms. The minimum atomic E-state index is -4.87. The van der Waals surface area contributed by atoms with Crippen molar-refractivity contribution >= 4 is 79.5 Å². The second-order valence-corrected chi connectivity index (χ2v) is 13.3. The smallest absolute Gasteiger partial charge is 0.295 e. The molecular formula is C28H36N12O10S2. The van der Waals surface area contributed by atoms with Crippen LogP contribution in [0.15, 0.2) is 46.2 Å². The van der Waals surface area contributed by atoms with E-state index in [1.807, 2.05) is 0 Å². The number of benzene rings is 2. The molecule has 0 aliphatic carbocycles. The maximum Gasteiger partial charge on any atom is 0.295 e. The van der Waals surface area contributed by atoms with E-state index >= 15 is 0 Å². The molecule has 0 bridgehead atoms. The van der Waals surface area contributed by atoms with Gasteiger partial charge in [-0.05, 0) is 35.4 Å². The summed E-state index contributed by atoms with van der Waals surface area (Å²) in [6, 6.07) is 7.50. The number of aromatic nitrogens is 6. The molecule has 2 aromatic carbocycles. The van der Waals surface area contributed by atoms with Gasteiger partial charge in [0, 0.05) is 37.6 Å². The highest BCUT2D eigenvalue weighted by Gasteiger charge is 2.20. The largest absolute Gasteiger partial charge is 0.395 e. The van der Waals surface area contributed by atoms with Crippen molar-refractivity contribution in [3.8, 4) is 0 Å². The lowest BCUT2D eigenvalue weighted by molar-refractivity contribution is 0.279. The zero-order valence-electron chi connectivity index (χ0n) is 27.1. The first-order valence-corrected chi connectivity index (χ1v) is 17.9. The van der Waals surface area contributed by atoms with Crippen LogP contribution >= 0.6 is 0 Å². The quantitative estimate of drug-likeness (QED) is 0.0427. The molecule has 2 aromatic heterocycles. The number of nitrogens with two attached hydrogens (primary N) is 2. The van der Waals surface area contributed by atoms with Gasteiger partial charge in [-0.2, -0.15) is 46.7 Å². The summed E-state index contributed by atoms with van der Waals surface area (Å²) in [5.41, 5.74) is 11.6. The molecule has 0 saturated heterocycles. The molecule has 0 fully saturated rings. The normalized spacial score (nSPS) is 11.9. The lowest BCUT2D eigenvalue weighted by Crippen LogP contribution is -2.31. The third-order valence-electron chi connectivity index (χ3n) is 6.86. The highest BCUT2D eigenvalue weighted by Crippen LogP contribution is 2.28. The summed E-state index contributed by atoms with van der Waals surface area (Å²) in [5.74, 6) is -0.638. The molecule has 0 amide bonds. The molecule has 12 N–H and O–H groups in total. The van der Waals surface area contributed by atoms with Crippen molar-refractivity contribution in [2.75, 3.05) is 84.5 Å². The zero-order valence-corrected chi connectivity index (χ0v) is 28.8. The van der Waals surface area contributed by atoms with Gasteiger partial charge in [-0.25, -0.2) is 0 Å². The summed E-state index contributed by atoms with van der Waals surface area (Å²) < 4.78 is 69.7. The lowest BCUT2D eigenvalue weighted by Gasteiger charge is -2.21.